The van der Waals surface area contributed by atoms with E-state index < -0.39 is 11.7 Å². The van der Waals surface area contributed by atoms with Gasteiger partial charge in [-0.15, -0.1) is 0 Å². The maximum Gasteiger partial charge on any atom is 0.306 e. The van der Waals surface area contributed by atoms with Crippen molar-refractivity contribution in [2.75, 3.05) is 39.8 Å². The molecule has 0 aliphatic rings. The monoisotopic (exact) mass is 852 g/mol. The van der Waals surface area contributed by atoms with E-state index in [-0.39, 0.29) is 30.0 Å². The molecule has 2 N–H and O–H groups in total. The zero-order valence-corrected chi connectivity index (χ0v) is 39.5. The minimum Gasteiger partial charge on any atom is -0.466 e. The van der Waals surface area contributed by atoms with Crippen molar-refractivity contribution in [3.63, 3.8) is 0 Å². The average Bonchev–Trinajstić information content (AvgIpc) is 3.25. The summed E-state index contributed by atoms with van der Waals surface area (Å²) in [5.41, 5.74) is -0.323. The molecule has 0 aromatic carbocycles. The van der Waals surface area contributed by atoms with Crippen molar-refractivity contribution in [1.82, 2.24) is 15.5 Å². The lowest BCUT2D eigenvalue weighted by molar-refractivity contribution is -0.150. The quantitative estimate of drug-likeness (QED) is 0.0154. The van der Waals surface area contributed by atoms with Gasteiger partial charge in [-0.2, -0.15) is 4.39 Å². The van der Waals surface area contributed by atoms with Crippen LogP contribution in [0.4, 0.5) is 4.39 Å². The second-order valence-electron chi connectivity index (χ2n) is 17.1. The van der Waals surface area contributed by atoms with Gasteiger partial charge in [0.25, 0.3) is 0 Å². The Kier molecular flexibility index (Phi) is 42.7. The van der Waals surface area contributed by atoms with Crippen LogP contribution in [0, 0.1) is 0 Å². The Morgan fingerprint density at radius 1 is 0.550 bits per heavy atom. The molecule has 0 bridgehead atoms. The summed E-state index contributed by atoms with van der Waals surface area (Å²) in [7, 11) is 1.37. The van der Waals surface area contributed by atoms with Crippen LogP contribution in [0.1, 0.15) is 239 Å². The molecule has 0 rings (SSSR count). The van der Waals surface area contributed by atoms with Crippen molar-refractivity contribution in [2.45, 2.75) is 245 Å². The molecule has 0 saturated carbocycles. The number of carbonyl (C=O) groups is 4. The first kappa shape index (κ1) is 57.5. The van der Waals surface area contributed by atoms with Gasteiger partial charge in [-0.25, -0.2) is 0 Å². The number of hydrogen-bond donors (Lipinski definition) is 2. The lowest BCUT2D eigenvalue weighted by atomic mass is 10.0. The van der Waals surface area contributed by atoms with Crippen LogP contribution >= 0.6 is 0 Å². The maximum absolute atomic E-state index is 14.1. The van der Waals surface area contributed by atoms with E-state index in [0.29, 0.717) is 32.4 Å². The first-order valence-corrected chi connectivity index (χ1v) is 25.2. The highest BCUT2D eigenvalue weighted by Crippen LogP contribution is 2.19. The molecule has 0 heterocycles. The van der Waals surface area contributed by atoms with Gasteiger partial charge < -0.3 is 25.0 Å². The standard InChI is InChI=1S/C50H94FN3O6/c1-5-8-11-14-17-26-33-43-59-47(57)37-29-22-18-24-31-40-54(42-34-39-53-49(46(56)44-55)50(51)52-4)41-32-25-19-23-30-38-48(58)60-45(35-27-20-15-12-9-6-2)36-28-21-16-13-10-7-3/h44-45,52-53H,5-43H2,1-4H3/b50-49-. The Hall–Kier alpha value is -2.49. The summed E-state index contributed by atoms with van der Waals surface area (Å²) in [5, 5.41) is 5.12. The van der Waals surface area contributed by atoms with Crippen molar-refractivity contribution in [3.05, 3.63) is 11.6 Å². The average molecular weight is 852 g/mol. The topological polar surface area (TPSA) is 114 Å². The Balaban J connectivity index is 4.63. The highest BCUT2D eigenvalue weighted by Gasteiger charge is 2.16. The molecule has 9 nitrogen and oxygen atoms in total. The Labute approximate surface area is 368 Å². The molecular formula is C50H94FN3O6. The normalized spacial score (nSPS) is 11.8. The second kappa shape index (κ2) is 44.6. The third-order valence-electron chi connectivity index (χ3n) is 11.5. The predicted octanol–water partition coefficient (Wildman–Crippen LogP) is 12.8. The summed E-state index contributed by atoms with van der Waals surface area (Å²) in [6, 6.07) is 0. The fraction of sp³-hybridized carbons (Fsp3) is 0.880. The first-order chi connectivity index (χ1) is 29.3. The van der Waals surface area contributed by atoms with Gasteiger partial charge in [0.05, 0.1) is 6.61 Å². The predicted molar refractivity (Wildman–Crippen MR) is 248 cm³/mol. The van der Waals surface area contributed by atoms with Gasteiger partial charge in [0.2, 0.25) is 11.7 Å². The largest absolute Gasteiger partial charge is 0.466 e. The van der Waals surface area contributed by atoms with Crippen LogP contribution in [0.15, 0.2) is 11.6 Å². The van der Waals surface area contributed by atoms with Gasteiger partial charge >= 0.3 is 11.9 Å². The van der Waals surface area contributed by atoms with Crippen LogP contribution < -0.4 is 10.6 Å². The van der Waals surface area contributed by atoms with E-state index in [1.54, 1.807) is 0 Å². The minimum atomic E-state index is -0.908. The highest BCUT2D eigenvalue weighted by molar-refractivity contribution is 6.32. The molecule has 0 aliphatic heterocycles. The van der Waals surface area contributed by atoms with Crippen LogP contribution in [0.3, 0.4) is 0 Å². The molecule has 352 valence electrons. The van der Waals surface area contributed by atoms with Gasteiger partial charge in [0, 0.05) is 26.4 Å². The molecule has 0 amide bonds. The van der Waals surface area contributed by atoms with E-state index >= 15 is 0 Å². The van der Waals surface area contributed by atoms with Crippen molar-refractivity contribution in [3.8, 4) is 0 Å². The van der Waals surface area contributed by atoms with E-state index in [9.17, 15) is 23.6 Å². The van der Waals surface area contributed by atoms with Gasteiger partial charge in [0.1, 0.15) is 11.8 Å². The molecule has 0 aliphatic carbocycles. The molecule has 0 aromatic rings. The molecule has 0 atom stereocenters. The number of nitrogens with zero attached hydrogens (tertiary/aromatic N) is 1. The molecule has 0 fully saturated rings. The molecule has 60 heavy (non-hydrogen) atoms. The number of nitrogens with one attached hydrogen (secondary N) is 2. The van der Waals surface area contributed by atoms with Crippen molar-refractivity contribution < 1.29 is 33.0 Å². The zero-order valence-electron chi connectivity index (χ0n) is 39.5. The summed E-state index contributed by atoms with van der Waals surface area (Å²) in [4.78, 5) is 50.3. The number of unbranched alkanes of at least 4 members (excludes halogenated alkanes) is 24. The lowest BCUT2D eigenvalue weighted by Crippen LogP contribution is -2.31. The third-order valence-corrected chi connectivity index (χ3v) is 11.5. The van der Waals surface area contributed by atoms with Crippen LogP contribution in [0.25, 0.3) is 0 Å². The highest BCUT2D eigenvalue weighted by atomic mass is 19.1. The number of ether oxygens (including phenoxy) is 2. The summed E-state index contributed by atoms with van der Waals surface area (Å²) in [5.74, 6) is -1.85. The van der Waals surface area contributed by atoms with Crippen molar-refractivity contribution in [2.24, 2.45) is 0 Å². The number of hydrogen-bond acceptors (Lipinski definition) is 9. The number of ketones is 1. The van der Waals surface area contributed by atoms with E-state index in [4.69, 9.17) is 9.47 Å². The Morgan fingerprint density at radius 2 is 0.967 bits per heavy atom. The molecule has 0 saturated heterocycles. The van der Waals surface area contributed by atoms with Crippen molar-refractivity contribution in [1.29, 1.82) is 0 Å². The summed E-state index contributed by atoms with van der Waals surface area (Å²) < 4.78 is 25.6. The molecule has 0 aromatic heterocycles. The third kappa shape index (κ3) is 37.3. The van der Waals surface area contributed by atoms with E-state index in [0.717, 1.165) is 122 Å². The van der Waals surface area contributed by atoms with Crippen molar-refractivity contribution >= 4 is 24.0 Å². The maximum atomic E-state index is 14.1. The lowest BCUT2D eigenvalue weighted by Gasteiger charge is -2.23. The van der Waals surface area contributed by atoms with E-state index in [2.05, 4.69) is 36.3 Å². The molecule has 0 spiro atoms. The number of halogens is 1. The fourth-order valence-corrected chi connectivity index (χ4v) is 7.71. The van der Waals surface area contributed by atoms with Gasteiger partial charge in [-0.1, -0.05) is 162 Å². The van der Waals surface area contributed by atoms with E-state index in [1.807, 2.05) is 0 Å². The van der Waals surface area contributed by atoms with Crippen LogP contribution in [0.5, 0.6) is 0 Å². The first-order valence-electron chi connectivity index (χ1n) is 25.2. The van der Waals surface area contributed by atoms with Crippen LogP contribution in [-0.4, -0.2) is 74.8 Å². The number of rotatable bonds is 47. The smallest absolute Gasteiger partial charge is 0.306 e. The minimum absolute atomic E-state index is 0.0297. The molecule has 0 unspecified atom stereocenters. The number of Topliss-reactive ketones (excluding diaryl/α,β-unsaturated/α-hetero) is 1. The number of esters is 2. The number of aldehydes is 1. The number of allylic oxidation sites excluding steroid dienone is 1. The second-order valence-corrected chi connectivity index (χ2v) is 17.1. The molecular weight excluding hydrogens is 758 g/mol. The Bertz CT molecular complexity index is 1040. The molecule has 10 heteroatoms. The van der Waals surface area contributed by atoms with Gasteiger partial charge in [-0.05, 0) is 83.8 Å². The SMILES string of the molecule is CCCCCCCCCOC(=O)CCCCCCCN(CCCCCCCC(=O)OC(CCCCCCCC)CCCCCCCC)CCCN/C(C(=O)C=O)=C(/F)NC. The van der Waals surface area contributed by atoms with Gasteiger partial charge in [0.15, 0.2) is 6.29 Å². The summed E-state index contributed by atoms with van der Waals surface area (Å²) in [6.45, 7) is 10.3. The van der Waals surface area contributed by atoms with Crippen LogP contribution in [-0.2, 0) is 28.7 Å². The summed E-state index contributed by atoms with van der Waals surface area (Å²) >= 11 is 0. The van der Waals surface area contributed by atoms with Crippen LogP contribution in [0.2, 0.25) is 0 Å². The summed E-state index contributed by atoms with van der Waals surface area (Å²) in [6.07, 6.45) is 37.6. The zero-order chi connectivity index (χ0) is 44.2. The van der Waals surface area contributed by atoms with E-state index in [1.165, 1.54) is 103 Å². The Morgan fingerprint density at radius 3 is 1.45 bits per heavy atom. The fourth-order valence-electron chi connectivity index (χ4n) is 7.71. The van der Waals surface area contributed by atoms with Gasteiger partial charge in [-0.3, -0.25) is 19.2 Å². The number of carbonyl (C=O) groups excluding carboxylic acids is 4. The molecule has 0 radical (unpaired) electrons.